The molecule has 0 saturated heterocycles. The van der Waals surface area contributed by atoms with Gasteiger partial charge in [-0.1, -0.05) is 31.2 Å². The second-order valence-corrected chi connectivity index (χ2v) is 6.61. The van der Waals surface area contributed by atoms with E-state index >= 15 is 0 Å². The maximum atomic E-state index is 11.4. The van der Waals surface area contributed by atoms with Crippen molar-refractivity contribution in [2.24, 2.45) is 22.0 Å². The van der Waals surface area contributed by atoms with Crippen LogP contribution in [0.3, 0.4) is 0 Å². The highest BCUT2D eigenvalue weighted by molar-refractivity contribution is 6.15. The number of hydrogen-bond donors (Lipinski definition) is 4. The molecule has 2 aromatic carbocycles. The van der Waals surface area contributed by atoms with Gasteiger partial charge in [0.15, 0.2) is 0 Å². The highest BCUT2D eigenvalue weighted by atomic mass is 16.3. The Labute approximate surface area is 162 Å². The Balaban J connectivity index is 1.88. The Hall–Kier alpha value is -3.68. The lowest BCUT2D eigenvalue weighted by atomic mass is 9.92. The average molecular weight is 379 g/mol. The molecule has 0 bridgehead atoms. The van der Waals surface area contributed by atoms with Crippen LogP contribution in [0.25, 0.3) is 0 Å². The van der Waals surface area contributed by atoms with Crippen molar-refractivity contribution in [3.05, 3.63) is 59.2 Å². The molecule has 2 aromatic rings. The molecule has 28 heavy (non-hydrogen) atoms. The highest BCUT2D eigenvalue weighted by Gasteiger charge is 2.22. The monoisotopic (exact) mass is 379 g/mol. The Morgan fingerprint density at radius 2 is 2.00 bits per heavy atom. The minimum atomic E-state index is -0.230. The lowest BCUT2D eigenvalue weighted by Crippen LogP contribution is -2.31. The summed E-state index contributed by atoms with van der Waals surface area (Å²) >= 11 is 0. The molecule has 0 spiro atoms. The van der Waals surface area contributed by atoms with Crippen molar-refractivity contribution in [1.29, 1.82) is 0 Å². The fraction of sp³-hybridized carbons (Fsp3) is 0.200. The summed E-state index contributed by atoms with van der Waals surface area (Å²) in [6.45, 7) is 3.34. The molecule has 0 radical (unpaired) electrons. The minimum Gasteiger partial charge on any atom is -0.507 e. The van der Waals surface area contributed by atoms with E-state index in [2.05, 4.69) is 20.9 Å². The summed E-state index contributed by atoms with van der Waals surface area (Å²) in [5, 5.41) is 20.9. The number of rotatable bonds is 4. The van der Waals surface area contributed by atoms with Gasteiger partial charge >= 0.3 is 0 Å². The van der Waals surface area contributed by atoms with E-state index in [4.69, 9.17) is 5.84 Å². The molecule has 1 aliphatic rings. The first-order valence-electron chi connectivity index (χ1n) is 8.75. The van der Waals surface area contributed by atoms with Gasteiger partial charge < -0.3 is 16.3 Å². The zero-order valence-electron chi connectivity index (χ0n) is 15.6. The zero-order valence-corrected chi connectivity index (χ0v) is 15.6. The van der Waals surface area contributed by atoms with Crippen molar-refractivity contribution in [1.82, 2.24) is 5.43 Å². The Kier molecular flexibility index (Phi) is 5.39. The number of phenols is 1. The van der Waals surface area contributed by atoms with Crippen LogP contribution in [0.5, 0.6) is 5.75 Å². The van der Waals surface area contributed by atoms with Crippen LogP contribution < -0.4 is 16.6 Å². The number of phenolic OH excluding ortho intramolecular Hbond substituents is 1. The fourth-order valence-electron chi connectivity index (χ4n) is 3.11. The molecule has 2 amide bonds. The van der Waals surface area contributed by atoms with Crippen molar-refractivity contribution < 1.29 is 14.7 Å². The van der Waals surface area contributed by atoms with E-state index in [0.29, 0.717) is 28.9 Å². The normalized spacial score (nSPS) is 16.9. The number of amides is 2. The Bertz CT molecular complexity index is 980. The first kappa shape index (κ1) is 19.1. The van der Waals surface area contributed by atoms with E-state index in [1.807, 2.05) is 31.2 Å². The van der Waals surface area contributed by atoms with Crippen LogP contribution in [-0.2, 0) is 9.59 Å². The summed E-state index contributed by atoms with van der Waals surface area (Å²) in [6, 6.07) is 12.1. The second-order valence-electron chi connectivity index (χ2n) is 6.61. The van der Waals surface area contributed by atoms with Gasteiger partial charge in [-0.15, -0.1) is 0 Å². The van der Waals surface area contributed by atoms with E-state index < -0.39 is 0 Å². The molecular weight excluding hydrogens is 358 g/mol. The van der Waals surface area contributed by atoms with E-state index in [-0.39, 0.29) is 23.5 Å². The highest BCUT2D eigenvalue weighted by Crippen LogP contribution is 2.26. The van der Waals surface area contributed by atoms with Gasteiger partial charge in [-0.25, -0.2) is 5.43 Å². The molecule has 1 heterocycles. The summed E-state index contributed by atoms with van der Waals surface area (Å²) < 4.78 is 0. The minimum absolute atomic E-state index is 0.0209. The summed E-state index contributed by atoms with van der Waals surface area (Å²) in [6.07, 6.45) is 0.393. The van der Waals surface area contributed by atoms with Crippen LogP contribution in [0.15, 0.2) is 52.7 Å². The van der Waals surface area contributed by atoms with Gasteiger partial charge in [-0.2, -0.15) is 10.2 Å². The van der Waals surface area contributed by atoms with E-state index in [9.17, 15) is 14.7 Å². The summed E-state index contributed by atoms with van der Waals surface area (Å²) in [4.78, 5) is 22.6. The van der Waals surface area contributed by atoms with Crippen molar-refractivity contribution in [2.75, 3.05) is 5.32 Å². The van der Waals surface area contributed by atoms with Crippen LogP contribution in [0.2, 0.25) is 0 Å². The largest absolute Gasteiger partial charge is 0.507 e. The Morgan fingerprint density at radius 1 is 1.29 bits per heavy atom. The molecule has 1 aliphatic heterocycles. The first-order chi connectivity index (χ1) is 13.4. The molecule has 8 heteroatoms. The number of hydrogen-bond acceptors (Lipinski definition) is 6. The van der Waals surface area contributed by atoms with Gasteiger partial charge in [0.2, 0.25) is 11.8 Å². The van der Waals surface area contributed by atoms with E-state index in [1.54, 1.807) is 12.1 Å². The quantitative estimate of drug-likeness (QED) is 0.367. The predicted molar refractivity (Wildman–Crippen MR) is 107 cm³/mol. The summed E-state index contributed by atoms with van der Waals surface area (Å²) in [5.41, 5.74) is 6.24. The third kappa shape index (κ3) is 4.01. The standard InChI is InChI=1S/C20H21N5O3/c1-11-9-18(28)24-25-19(11)13-3-5-14(6-4-13)20(23-21)16-8-7-15(10-17(16)27)22-12(2)26/h3-8,10-11,27H,9,21H2,1-2H3,(H,22,26)(H,24,28). The second kappa shape index (κ2) is 7.91. The third-order valence-corrected chi connectivity index (χ3v) is 4.42. The number of benzene rings is 2. The van der Waals surface area contributed by atoms with Gasteiger partial charge in [-0.3, -0.25) is 9.59 Å². The number of nitrogens with two attached hydrogens (primary N) is 1. The molecule has 8 nitrogen and oxygen atoms in total. The van der Waals surface area contributed by atoms with Crippen molar-refractivity contribution in [3.8, 4) is 5.75 Å². The van der Waals surface area contributed by atoms with Crippen molar-refractivity contribution >= 4 is 28.9 Å². The van der Waals surface area contributed by atoms with Crippen LogP contribution >= 0.6 is 0 Å². The lowest BCUT2D eigenvalue weighted by Gasteiger charge is -2.19. The third-order valence-electron chi connectivity index (χ3n) is 4.42. The van der Waals surface area contributed by atoms with Gasteiger partial charge in [0, 0.05) is 42.1 Å². The molecule has 1 unspecified atom stereocenters. The predicted octanol–water partition coefficient (Wildman–Crippen LogP) is 1.92. The molecule has 0 aliphatic carbocycles. The van der Waals surface area contributed by atoms with E-state index in [0.717, 1.165) is 11.3 Å². The lowest BCUT2D eigenvalue weighted by molar-refractivity contribution is -0.122. The van der Waals surface area contributed by atoms with Crippen LogP contribution in [0.1, 0.15) is 37.0 Å². The molecule has 144 valence electrons. The summed E-state index contributed by atoms with van der Waals surface area (Å²) in [7, 11) is 0. The van der Waals surface area contributed by atoms with Gasteiger partial charge in [0.05, 0.1) is 5.71 Å². The zero-order chi connectivity index (χ0) is 20.3. The average Bonchev–Trinajstić information content (AvgIpc) is 2.64. The molecular formula is C20H21N5O3. The summed E-state index contributed by atoms with van der Waals surface area (Å²) in [5.74, 6) is 5.23. The number of carbonyl (C=O) groups is 2. The van der Waals surface area contributed by atoms with Crippen LogP contribution in [0.4, 0.5) is 5.69 Å². The number of anilines is 1. The molecule has 1 atom stereocenters. The fourth-order valence-corrected chi connectivity index (χ4v) is 3.11. The van der Waals surface area contributed by atoms with E-state index in [1.165, 1.54) is 13.0 Å². The number of nitrogens with zero attached hydrogens (tertiary/aromatic N) is 2. The van der Waals surface area contributed by atoms with Gasteiger partial charge in [-0.05, 0) is 17.7 Å². The molecule has 0 aromatic heterocycles. The number of nitrogens with one attached hydrogen (secondary N) is 2. The smallest absolute Gasteiger partial charge is 0.240 e. The van der Waals surface area contributed by atoms with Gasteiger partial charge in [0.1, 0.15) is 11.5 Å². The topological polar surface area (TPSA) is 129 Å². The number of hydrazone groups is 2. The Morgan fingerprint density at radius 3 is 2.57 bits per heavy atom. The number of carbonyl (C=O) groups excluding carboxylic acids is 2. The van der Waals surface area contributed by atoms with Crippen LogP contribution in [0, 0.1) is 5.92 Å². The van der Waals surface area contributed by atoms with Crippen LogP contribution in [-0.4, -0.2) is 28.3 Å². The molecule has 3 rings (SSSR count). The van der Waals surface area contributed by atoms with Crippen molar-refractivity contribution in [3.63, 3.8) is 0 Å². The first-order valence-corrected chi connectivity index (χ1v) is 8.75. The maximum absolute atomic E-state index is 11.4. The SMILES string of the molecule is CC(=O)Nc1ccc(C(=NN)c2ccc(C3=NNC(=O)CC3C)cc2)c(O)c1. The maximum Gasteiger partial charge on any atom is 0.240 e. The molecule has 0 saturated carbocycles. The molecule has 0 fully saturated rings. The van der Waals surface area contributed by atoms with Crippen molar-refractivity contribution in [2.45, 2.75) is 20.3 Å². The molecule has 5 N–H and O–H groups in total. The number of aromatic hydroxyl groups is 1. The van der Waals surface area contributed by atoms with Gasteiger partial charge in [0.25, 0.3) is 0 Å².